The molecule has 1 aliphatic carbocycles. The molecule has 0 saturated heterocycles. The second-order valence-corrected chi connectivity index (χ2v) is 5.69. The first-order chi connectivity index (χ1) is 11.3. The summed E-state index contributed by atoms with van der Waals surface area (Å²) in [4.78, 5) is 16.0. The maximum absolute atomic E-state index is 12.1. The van der Waals surface area contributed by atoms with E-state index in [1.54, 1.807) is 12.5 Å². The minimum absolute atomic E-state index is 0.0529. The van der Waals surface area contributed by atoms with Gasteiger partial charge in [0.05, 0.1) is 12.9 Å². The van der Waals surface area contributed by atoms with Crippen molar-refractivity contribution in [3.8, 4) is 5.75 Å². The molecule has 23 heavy (non-hydrogen) atoms. The average molecular weight is 311 g/mol. The monoisotopic (exact) mass is 311 g/mol. The number of allylic oxidation sites excluding steroid dienone is 2. The molecule has 0 spiro atoms. The predicted octanol–water partition coefficient (Wildman–Crippen LogP) is 3.26. The van der Waals surface area contributed by atoms with E-state index in [4.69, 9.17) is 4.74 Å². The Morgan fingerprint density at radius 1 is 1.43 bits per heavy atom. The largest absolute Gasteiger partial charge is 0.492 e. The van der Waals surface area contributed by atoms with Crippen molar-refractivity contribution < 1.29 is 9.53 Å². The Morgan fingerprint density at radius 3 is 3.17 bits per heavy atom. The highest BCUT2D eigenvalue weighted by Gasteiger charge is 2.14. The summed E-state index contributed by atoms with van der Waals surface area (Å²) in [5.41, 5.74) is 0.775. The number of ether oxygens (including phenoxy) is 1. The molecule has 1 unspecified atom stereocenters. The van der Waals surface area contributed by atoms with Crippen LogP contribution in [0.5, 0.6) is 5.75 Å². The first kappa shape index (κ1) is 15.3. The number of hydrogen-bond acceptors (Lipinski definition) is 3. The van der Waals surface area contributed by atoms with E-state index >= 15 is 0 Å². The molecule has 0 radical (unpaired) electrons. The molecule has 1 atom stereocenters. The molecule has 0 bridgehead atoms. The highest BCUT2D eigenvalue weighted by atomic mass is 16.5. The topological polar surface area (TPSA) is 56.1 Å². The number of imidazole rings is 1. The third-order valence-electron chi connectivity index (χ3n) is 3.86. The maximum atomic E-state index is 12.1. The molecular formula is C18H21N3O2. The smallest absolute Gasteiger partial charge is 0.224 e. The van der Waals surface area contributed by atoms with Crippen LogP contribution in [0.25, 0.3) is 0 Å². The van der Waals surface area contributed by atoms with Gasteiger partial charge in [0.15, 0.2) is 0 Å². The van der Waals surface area contributed by atoms with E-state index in [9.17, 15) is 4.79 Å². The zero-order valence-corrected chi connectivity index (χ0v) is 13.0. The Bertz CT molecular complexity index is 665. The molecule has 0 saturated carbocycles. The molecule has 5 nitrogen and oxygen atoms in total. The van der Waals surface area contributed by atoms with Gasteiger partial charge in [0.1, 0.15) is 12.4 Å². The van der Waals surface area contributed by atoms with Crippen LogP contribution in [-0.4, -0.2) is 22.1 Å². The van der Waals surface area contributed by atoms with Crippen LogP contribution in [0.1, 0.15) is 19.3 Å². The van der Waals surface area contributed by atoms with E-state index in [1.807, 2.05) is 35.0 Å². The van der Waals surface area contributed by atoms with Crippen molar-refractivity contribution in [1.29, 1.82) is 0 Å². The summed E-state index contributed by atoms with van der Waals surface area (Å²) in [5, 5.41) is 2.95. The number of hydrogen-bond donors (Lipinski definition) is 1. The summed E-state index contributed by atoms with van der Waals surface area (Å²) in [6.07, 6.45) is 12.4. The molecule has 1 aliphatic rings. The number of aromatic nitrogens is 2. The molecule has 0 aliphatic heterocycles. The van der Waals surface area contributed by atoms with Crippen LogP contribution >= 0.6 is 0 Å². The molecule has 1 N–H and O–H groups in total. The van der Waals surface area contributed by atoms with Crippen LogP contribution in [0.4, 0.5) is 5.69 Å². The summed E-state index contributed by atoms with van der Waals surface area (Å²) < 4.78 is 7.68. The highest BCUT2D eigenvalue weighted by molar-refractivity contribution is 5.91. The number of nitrogens with zero attached hydrogens (tertiary/aromatic N) is 2. The second-order valence-electron chi connectivity index (χ2n) is 5.69. The maximum Gasteiger partial charge on any atom is 0.224 e. The minimum Gasteiger partial charge on any atom is -0.492 e. The lowest BCUT2D eigenvalue weighted by Crippen LogP contribution is -2.14. The summed E-state index contributed by atoms with van der Waals surface area (Å²) >= 11 is 0. The van der Waals surface area contributed by atoms with E-state index in [-0.39, 0.29) is 5.91 Å². The van der Waals surface area contributed by atoms with Gasteiger partial charge in [0.2, 0.25) is 5.91 Å². The van der Waals surface area contributed by atoms with E-state index in [1.165, 1.54) is 0 Å². The lowest BCUT2D eigenvalue weighted by atomic mass is 10.1. The van der Waals surface area contributed by atoms with Gasteiger partial charge >= 0.3 is 0 Å². The molecule has 3 rings (SSSR count). The lowest BCUT2D eigenvalue weighted by molar-refractivity contribution is -0.116. The van der Waals surface area contributed by atoms with Crippen molar-refractivity contribution in [3.05, 3.63) is 55.1 Å². The fourth-order valence-electron chi connectivity index (χ4n) is 2.67. The SMILES string of the molecule is O=C(CC1C=CCC1)Nc1cccc(OCCn2ccnc2)c1. The Kier molecular flexibility index (Phi) is 5.09. The Labute approximate surface area is 136 Å². The fourth-order valence-corrected chi connectivity index (χ4v) is 2.67. The van der Waals surface area contributed by atoms with Crippen molar-refractivity contribution in [1.82, 2.24) is 9.55 Å². The molecule has 1 heterocycles. The summed E-state index contributed by atoms with van der Waals surface area (Å²) in [6.45, 7) is 1.30. The number of rotatable bonds is 7. The lowest BCUT2D eigenvalue weighted by Gasteiger charge is -2.11. The molecule has 0 fully saturated rings. The van der Waals surface area contributed by atoms with Gasteiger partial charge in [0.25, 0.3) is 0 Å². The predicted molar refractivity (Wildman–Crippen MR) is 89.3 cm³/mol. The standard InChI is InChI=1S/C18H21N3O2/c22-18(12-15-4-1-2-5-15)20-16-6-3-7-17(13-16)23-11-10-21-9-8-19-14-21/h1,3-4,6-9,13-15H,2,5,10-12H2,(H,20,22). The molecule has 2 aromatic rings. The zero-order chi connectivity index (χ0) is 15.9. The molecule has 120 valence electrons. The number of carbonyl (C=O) groups excluding carboxylic acids is 1. The van der Waals surface area contributed by atoms with Crippen LogP contribution < -0.4 is 10.1 Å². The molecule has 5 heteroatoms. The van der Waals surface area contributed by atoms with Crippen LogP contribution in [0.2, 0.25) is 0 Å². The molecule has 1 amide bonds. The third-order valence-corrected chi connectivity index (χ3v) is 3.86. The molecule has 1 aromatic carbocycles. The van der Waals surface area contributed by atoms with Crippen molar-refractivity contribution in [2.45, 2.75) is 25.8 Å². The Morgan fingerprint density at radius 2 is 2.39 bits per heavy atom. The van der Waals surface area contributed by atoms with Crippen molar-refractivity contribution in [2.24, 2.45) is 5.92 Å². The Balaban J connectivity index is 1.48. The van der Waals surface area contributed by atoms with Gasteiger partial charge < -0.3 is 14.6 Å². The van der Waals surface area contributed by atoms with Crippen molar-refractivity contribution in [2.75, 3.05) is 11.9 Å². The van der Waals surface area contributed by atoms with E-state index in [2.05, 4.69) is 22.5 Å². The second kappa shape index (κ2) is 7.63. The molecular weight excluding hydrogens is 290 g/mol. The number of nitrogens with one attached hydrogen (secondary N) is 1. The Hall–Kier alpha value is -2.56. The van der Waals surface area contributed by atoms with Gasteiger partial charge in [-0.2, -0.15) is 0 Å². The number of carbonyl (C=O) groups is 1. The van der Waals surface area contributed by atoms with Crippen molar-refractivity contribution in [3.63, 3.8) is 0 Å². The van der Waals surface area contributed by atoms with Gasteiger partial charge in [-0.15, -0.1) is 0 Å². The molecule has 1 aromatic heterocycles. The highest BCUT2D eigenvalue weighted by Crippen LogP contribution is 2.22. The fraction of sp³-hybridized carbons (Fsp3) is 0.333. The normalized spacial score (nSPS) is 16.4. The summed E-state index contributed by atoms with van der Waals surface area (Å²) in [6, 6.07) is 7.52. The zero-order valence-electron chi connectivity index (χ0n) is 13.0. The summed E-state index contributed by atoms with van der Waals surface area (Å²) in [7, 11) is 0. The van der Waals surface area contributed by atoms with Gasteiger partial charge in [-0.3, -0.25) is 4.79 Å². The van der Waals surface area contributed by atoms with Crippen LogP contribution in [0.15, 0.2) is 55.1 Å². The van der Waals surface area contributed by atoms with Crippen molar-refractivity contribution >= 4 is 11.6 Å². The number of amides is 1. The number of benzene rings is 1. The average Bonchev–Trinajstić information content (AvgIpc) is 3.21. The third kappa shape index (κ3) is 4.71. The first-order valence-electron chi connectivity index (χ1n) is 7.95. The van der Waals surface area contributed by atoms with Crippen LogP contribution in [-0.2, 0) is 11.3 Å². The van der Waals surface area contributed by atoms with Gasteiger partial charge in [-0.1, -0.05) is 18.2 Å². The number of anilines is 1. The van der Waals surface area contributed by atoms with E-state index in [0.29, 0.717) is 18.9 Å². The quantitative estimate of drug-likeness (QED) is 0.799. The van der Waals surface area contributed by atoms with Gasteiger partial charge in [-0.25, -0.2) is 4.98 Å². The van der Waals surface area contributed by atoms with Gasteiger partial charge in [0, 0.05) is 30.6 Å². The minimum atomic E-state index is 0.0529. The van der Waals surface area contributed by atoms with Gasteiger partial charge in [-0.05, 0) is 30.9 Å². The summed E-state index contributed by atoms with van der Waals surface area (Å²) in [5.74, 6) is 1.19. The van der Waals surface area contributed by atoms with Crippen LogP contribution in [0, 0.1) is 5.92 Å². The first-order valence-corrected chi connectivity index (χ1v) is 7.95. The van der Waals surface area contributed by atoms with E-state index in [0.717, 1.165) is 30.8 Å². The van der Waals surface area contributed by atoms with E-state index < -0.39 is 0 Å². The van der Waals surface area contributed by atoms with Crippen LogP contribution in [0.3, 0.4) is 0 Å².